The van der Waals surface area contributed by atoms with Crippen LogP contribution < -0.4 is 9.91 Å². The number of rotatable bonds is 2. The molecule has 6 heteroatoms. The Morgan fingerprint density at radius 3 is 2.56 bits per heavy atom. The van der Waals surface area contributed by atoms with Crippen LogP contribution in [-0.2, 0) is 4.79 Å². The molecule has 0 aromatic heterocycles. The highest BCUT2D eigenvalue weighted by atomic mass is 35.5. The van der Waals surface area contributed by atoms with Gasteiger partial charge in [0.1, 0.15) is 0 Å². The van der Waals surface area contributed by atoms with Crippen molar-refractivity contribution in [2.45, 2.75) is 18.7 Å². The van der Waals surface area contributed by atoms with Gasteiger partial charge in [0.05, 0.1) is 27.7 Å². The number of fused-ring (bicyclic) bond motifs is 1. The van der Waals surface area contributed by atoms with Crippen LogP contribution in [0.1, 0.15) is 13.8 Å². The van der Waals surface area contributed by atoms with Crippen LogP contribution in [0, 0.1) is 0 Å². The minimum Gasteiger partial charge on any atom is -0.335 e. The molecule has 0 spiro atoms. The molecule has 0 N–H and O–H groups in total. The molecule has 0 atom stereocenters. The summed E-state index contributed by atoms with van der Waals surface area (Å²) in [6.07, 6.45) is 0. The molecule has 4 nitrogen and oxygen atoms in total. The molecule has 0 saturated heterocycles. The highest BCUT2D eigenvalue weighted by Gasteiger charge is 2.36. The van der Waals surface area contributed by atoms with Gasteiger partial charge < -0.3 is 4.90 Å². The van der Waals surface area contributed by atoms with Crippen molar-refractivity contribution >= 4 is 46.4 Å². The van der Waals surface area contributed by atoms with E-state index in [4.69, 9.17) is 11.6 Å². The lowest BCUT2D eigenvalue weighted by Gasteiger charge is -2.20. The molecule has 0 fully saturated rings. The van der Waals surface area contributed by atoms with Crippen molar-refractivity contribution in [3.63, 3.8) is 0 Å². The maximum absolute atomic E-state index is 13.1. The summed E-state index contributed by atoms with van der Waals surface area (Å²) >= 11 is 7.58. The lowest BCUT2D eigenvalue weighted by Crippen LogP contribution is -2.26. The molecule has 1 amide bonds. The van der Waals surface area contributed by atoms with Crippen molar-refractivity contribution in [3.05, 3.63) is 64.2 Å². The Labute approximate surface area is 155 Å². The molecule has 0 saturated carbocycles. The Hall–Kier alpha value is -2.24. The topological polar surface area (TPSA) is 35.9 Å². The van der Waals surface area contributed by atoms with Crippen LogP contribution in [0.15, 0.2) is 69.1 Å². The largest absolute Gasteiger partial charge is 0.335 e. The number of nitrogens with zero attached hydrogens (tertiary/aromatic N) is 3. The van der Waals surface area contributed by atoms with E-state index in [-0.39, 0.29) is 5.91 Å². The van der Waals surface area contributed by atoms with E-state index in [1.54, 1.807) is 36.0 Å². The highest BCUT2D eigenvalue weighted by Crippen LogP contribution is 2.48. The first-order valence-corrected chi connectivity index (χ1v) is 9.24. The number of halogens is 1. The second-order valence-electron chi connectivity index (χ2n) is 5.77. The van der Waals surface area contributed by atoms with Crippen molar-refractivity contribution in [1.82, 2.24) is 0 Å². The number of anilines is 2. The van der Waals surface area contributed by atoms with E-state index >= 15 is 0 Å². The van der Waals surface area contributed by atoms with Gasteiger partial charge in [0.2, 0.25) is 0 Å². The zero-order valence-corrected chi connectivity index (χ0v) is 15.4. The van der Waals surface area contributed by atoms with Gasteiger partial charge in [0.25, 0.3) is 5.91 Å². The number of benzene rings is 2. The summed E-state index contributed by atoms with van der Waals surface area (Å²) < 4.78 is 0. The number of hydrogen-bond donors (Lipinski definition) is 0. The Bertz CT molecular complexity index is 921. The number of para-hydroxylation sites is 1. The van der Waals surface area contributed by atoms with Crippen LogP contribution in [0.25, 0.3) is 0 Å². The minimum absolute atomic E-state index is 0.103. The molecule has 2 aromatic rings. The molecule has 2 aliphatic heterocycles. The van der Waals surface area contributed by atoms with Crippen LogP contribution in [0.2, 0.25) is 5.02 Å². The monoisotopic (exact) mass is 369 g/mol. The van der Waals surface area contributed by atoms with E-state index in [1.807, 2.05) is 19.1 Å². The van der Waals surface area contributed by atoms with Crippen molar-refractivity contribution < 1.29 is 4.79 Å². The fraction of sp³-hybridized carbons (Fsp3) is 0.158. The summed E-state index contributed by atoms with van der Waals surface area (Å²) in [5.74, 6) is -0.103. The van der Waals surface area contributed by atoms with Crippen molar-refractivity contribution in [1.29, 1.82) is 0 Å². The van der Waals surface area contributed by atoms with Crippen LogP contribution >= 0.6 is 23.4 Å². The fourth-order valence-corrected chi connectivity index (χ4v) is 4.48. The van der Waals surface area contributed by atoms with E-state index in [9.17, 15) is 4.79 Å². The summed E-state index contributed by atoms with van der Waals surface area (Å²) in [6.45, 7) is 4.77. The van der Waals surface area contributed by atoms with Gasteiger partial charge in [-0.05, 0) is 50.2 Å². The third kappa shape index (κ3) is 2.64. The number of amides is 1. The maximum atomic E-state index is 13.1. The summed E-state index contributed by atoms with van der Waals surface area (Å²) in [7, 11) is 0. The van der Waals surface area contributed by atoms with Crippen molar-refractivity contribution in [3.8, 4) is 0 Å². The van der Waals surface area contributed by atoms with E-state index in [0.717, 1.165) is 27.9 Å². The molecule has 2 aromatic carbocycles. The van der Waals surface area contributed by atoms with Gasteiger partial charge in [-0.1, -0.05) is 35.5 Å². The van der Waals surface area contributed by atoms with Crippen LogP contribution in [0.3, 0.4) is 0 Å². The zero-order chi connectivity index (χ0) is 17.6. The van der Waals surface area contributed by atoms with E-state index < -0.39 is 0 Å². The van der Waals surface area contributed by atoms with Gasteiger partial charge in [-0.15, -0.1) is 0 Å². The third-order valence-electron chi connectivity index (χ3n) is 4.23. The standard InChI is InChI=1S/C19H16ClN3OS/c1-3-22-15-6-4-5-7-16(15)25-19(22)17-12(2)21-23(18(17)24)14-10-8-13(20)9-11-14/h4-11H,3H2,1-2H3/b19-17+. The Balaban J connectivity index is 1.77. The number of carbonyl (C=O) groups excluding carboxylic acids is 1. The zero-order valence-electron chi connectivity index (χ0n) is 13.9. The van der Waals surface area contributed by atoms with E-state index in [2.05, 4.69) is 29.1 Å². The average molecular weight is 370 g/mol. The molecule has 0 aliphatic carbocycles. The summed E-state index contributed by atoms with van der Waals surface area (Å²) in [5, 5.41) is 7.52. The molecule has 25 heavy (non-hydrogen) atoms. The van der Waals surface area contributed by atoms with Gasteiger partial charge in [-0.3, -0.25) is 4.79 Å². The summed E-state index contributed by atoms with van der Waals surface area (Å²) in [6, 6.07) is 15.3. The smallest absolute Gasteiger partial charge is 0.283 e. The number of thioether (sulfide) groups is 1. The molecule has 0 bridgehead atoms. The first kappa shape index (κ1) is 16.2. The van der Waals surface area contributed by atoms with Crippen molar-refractivity contribution in [2.75, 3.05) is 16.5 Å². The second-order valence-corrected chi connectivity index (χ2v) is 7.24. The quantitative estimate of drug-likeness (QED) is 0.706. The molecule has 0 unspecified atom stereocenters. The van der Waals surface area contributed by atoms with Crippen molar-refractivity contribution in [2.24, 2.45) is 5.10 Å². The van der Waals surface area contributed by atoms with Crippen LogP contribution in [0.5, 0.6) is 0 Å². The normalized spacial score (nSPS) is 19.5. The number of hydrogen-bond acceptors (Lipinski definition) is 4. The minimum atomic E-state index is -0.103. The Morgan fingerprint density at radius 2 is 1.84 bits per heavy atom. The van der Waals surface area contributed by atoms with E-state index in [1.165, 1.54) is 5.01 Å². The van der Waals surface area contributed by atoms with Gasteiger partial charge in [-0.2, -0.15) is 10.1 Å². The molecule has 126 valence electrons. The SMILES string of the molecule is CCN1/C(=C2\C(=O)N(c3ccc(Cl)cc3)N=C2C)Sc2ccccc21. The summed E-state index contributed by atoms with van der Waals surface area (Å²) in [5.41, 5.74) is 3.25. The fourth-order valence-electron chi connectivity index (χ4n) is 3.04. The predicted molar refractivity (Wildman–Crippen MR) is 104 cm³/mol. The number of hydrazone groups is 1. The Morgan fingerprint density at radius 1 is 1.12 bits per heavy atom. The first-order valence-electron chi connectivity index (χ1n) is 8.04. The molecular formula is C19H16ClN3OS. The van der Waals surface area contributed by atoms with Crippen LogP contribution in [0.4, 0.5) is 11.4 Å². The highest BCUT2D eigenvalue weighted by molar-refractivity contribution is 8.03. The lowest BCUT2D eigenvalue weighted by molar-refractivity contribution is -0.114. The maximum Gasteiger partial charge on any atom is 0.283 e. The molecule has 2 aliphatic rings. The van der Waals surface area contributed by atoms with Gasteiger partial charge in [-0.25, -0.2) is 0 Å². The van der Waals surface area contributed by atoms with Gasteiger partial charge in [0.15, 0.2) is 0 Å². The van der Waals surface area contributed by atoms with E-state index in [0.29, 0.717) is 16.3 Å². The first-order chi connectivity index (χ1) is 12.1. The van der Waals surface area contributed by atoms with Gasteiger partial charge in [0, 0.05) is 16.5 Å². The molecule has 4 rings (SSSR count). The molecule has 0 radical (unpaired) electrons. The second kappa shape index (κ2) is 6.24. The Kier molecular flexibility index (Phi) is 4.06. The molecule has 2 heterocycles. The lowest BCUT2D eigenvalue weighted by atomic mass is 10.1. The van der Waals surface area contributed by atoms with Gasteiger partial charge >= 0.3 is 0 Å². The predicted octanol–water partition coefficient (Wildman–Crippen LogP) is 4.91. The third-order valence-corrected chi connectivity index (χ3v) is 5.66. The average Bonchev–Trinajstić information content (AvgIpc) is 3.12. The number of carbonyl (C=O) groups is 1. The molecular weight excluding hydrogens is 354 g/mol. The van der Waals surface area contributed by atoms with Crippen LogP contribution in [-0.4, -0.2) is 18.2 Å². The summed E-state index contributed by atoms with van der Waals surface area (Å²) in [4.78, 5) is 16.4.